The molecule has 0 N–H and O–H groups in total. The van der Waals surface area contributed by atoms with Crippen LogP contribution >= 0.6 is 11.6 Å². The summed E-state index contributed by atoms with van der Waals surface area (Å²) in [6.45, 7) is 0. The zero-order chi connectivity index (χ0) is 14.4. The summed E-state index contributed by atoms with van der Waals surface area (Å²) in [6, 6.07) is 16.3. The van der Waals surface area contributed by atoms with E-state index in [0.29, 0.717) is 22.3 Å². The second-order valence-corrected chi connectivity index (χ2v) is 5.84. The number of hydrogen-bond donors (Lipinski definition) is 0. The van der Waals surface area contributed by atoms with Gasteiger partial charge in [0.1, 0.15) is 6.07 Å². The van der Waals surface area contributed by atoms with Crippen molar-refractivity contribution in [3.63, 3.8) is 0 Å². The summed E-state index contributed by atoms with van der Waals surface area (Å²) >= 11 is 6.38. The molecule has 2 aromatic carbocycles. The van der Waals surface area contributed by atoms with Crippen LogP contribution in [-0.4, -0.2) is 0 Å². The van der Waals surface area contributed by atoms with Gasteiger partial charge in [-0.15, -0.1) is 0 Å². The van der Waals surface area contributed by atoms with Gasteiger partial charge in [0.25, 0.3) is 0 Å². The van der Waals surface area contributed by atoms with Gasteiger partial charge in [0.15, 0.2) is 5.58 Å². The minimum Gasteiger partial charge on any atom is -0.444 e. The molecule has 0 saturated heterocycles. The fourth-order valence-corrected chi connectivity index (χ4v) is 3.09. The van der Waals surface area contributed by atoms with Crippen LogP contribution in [0.5, 0.6) is 0 Å². The van der Waals surface area contributed by atoms with Crippen LogP contribution in [-0.2, 0) is 0 Å². The molecule has 21 heavy (non-hydrogen) atoms. The van der Waals surface area contributed by atoms with Gasteiger partial charge in [0.2, 0.25) is 5.76 Å². The molecular weight excluding hydrogens is 282 g/mol. The monoisotopic (exact) mass is 293 g/mol. The molecular formula is C18H12ClNO. The normalized spacial score (nSPS) is 14.3. The van der Waals surface area contributed by atoms with Crippen molar-refractivity contribution in [2.75, 3.05) is 0 Å². The Labute approximate surface area is 127 Å². The number of hydrogen-bond acceptors (Lipinski definition) is 2. The summed E-state index contributed by atoms with van der Waals surface area (Å²) in [4.78, 5) is 0. The Morgan fingerprint density at radius 1 is 1.10 bits per heavy atom. The number of halogens is 1. The molecule has 0 amide bonds. The third kappa shape index (κ3) is 2.02. The Hall–Kier alpha value is -2.24. The van der Waals surface area contributed by atoms with Crippen LogP contribution in [0.3, 0.4) is 0 Å². The van der Waals surface area contributed by atoms with Crippen LogP contribution in [0.15, 0.2) is 46.9 Å². The van der Waals surface area contributed by atoms with E-state index >= 15 is 0 Å². The molecule has 2 nitrogen and oxygen atoms in total. The Morgan fingerprint density at radius 2 is 1.86 bits per heavy atom. The highest BCUT2D eigenvalue weighted by atomic mass is 35.5. The summed E-state index contributed by atoms with van der Waals surface area (Å²) in [7, 11) is 0. The van der Waals surface area contributed by atoms with Crippen molar-refractivity contribution in [3.8, 4) is 17.2 Å². The van der Waals surface area contributed by atoms with Crippen LogP contribution in [0.1, 0.15) is 30.1 Å². The molecule has 0 atom stereocenters. The third-order valence-corrected chi connectivity index (χ3v) is 4.26. The van der Waals surface area contributed by atoms with Gasteiger partial charge in [-0.1, -0.05) is 41.9 Å². The predicted octanol–water partition coefficient (Wildman–Crippen LogP) is 5.50. The lowest BCUT2D eigenvalue weighted by atomic mass is 10.0. The quantitative estimate of drug-likeness (QED) is 0.625. The van der Waals surface area contributed by atoms with Crippen molar-refractivity contribution in [1.29, 1.82) is 5.26 Å². The Morgan fingerprint density at radius 3 is 2.52 bits per heavy atom. The molecule has 3 heteroatoms. The minimum absolute atomic E-state index is 0.416. The molecule has 102 valence electrons. The van der Waals surface area contributed by atoms with Crippen molar-refractivity contribution in [2.24, 2.45) is 0 Å². The Bertz CT molecular complexity index is 870. The van der Waals surface area contributed by atoms with Crippen molar-refractivity contribution >= 4 is 22.6 Å². The number of furan rings is 1. The van der Waals surface area contributed by atoms with Gasteiger partial charge >= 0.3 is 0 Å². The molecule has 0 spiro atoms. The third-order valence-electron chi connectivity index (χ3n) is 3.98. The average Bonchev–Trinajstić information content (AvgIpc) is 3.28. The fourth-order valence-electron chi connectivity index (χ4n) is 2.83. The number of fused-ring (bicyclic) bond motifs is 1. The minimum atomic E-state index is 0.416. The molecule has 4 rings (SSSR count). The van der Waals surface area contributed by atoms with E-state index in [-0.39, 0.29) is 0 Å². The molecule has 1 saturated carbocycles. The smallest absolute Gasteiger partial charge is 0.208 e. The van der Waals surface area contributed by atoms with Gasteiger partial charge in [-0.05, 0) is 42.0 Å². The van der Waals surface area contributed by atoms with E-state index < -0.39 is 0 Å². The van der Waals surface area contributed by atoms with Gasteiger partial charge in [0.05, 0.1) is 5.02 Å². The van der Waals surface area contributed by atoms with E-state index in [0.717, 1.165) is 34.9 Å². The van der Waals surface area contributed by atoms with Gasteiger partial charge in [-0.25, -0.2) is 0 Å². The maximum Gasteiger partial charge on any atom is 0.208 e. The largest absolute Gasteiger partial charge is 0.444 e. The van der Waals surface area contributed by atoms with E-state index in [1.807, 2.05) is 24.3 Å². The van der Waals surface area contributed by atoms with Crippen LogP contribution in [0.4, 0.5) is 0 Å². The lowest BCUT2D eigenvalue weighted by Gasteiger charge is -2.04. The van der Waals surface area contributed by atoms with Crippen molar-refractivity contribution in [3.05, 3.63) is 58.8 Å². The summed E-state index contributed by atoms with van der Waals surface area (Å²) in [5, 5.41) is 10.8. The molecule has 1 aromatic heterocycles. The Kier molecular flexibility index (Phi) is 2.77. The molecule has 0 radical (unpaired) electrons. The van der Waals surface area contributed by atoms with Gasteiger partial charge in [-0.3, -0.25) is 0 Å². The molecule has 0 aliphatic heterocycles. The second-order valence-electron chi connectivity index (χ2n) is 5.43. The highest BCUT2D eigenvalue weighted by molar-refractivity contribution is 6.35. The average molecular weight is 294 g/mol. The van der Waals surface area contributed by atoms with Crippen molar-refractivity contribution in [1.82, 2.24) is 0 Å². The van der Waals surface area contributed by atoms with E-state index in [1.54, 1.807) is 0 Å². The Balaban J connectivity index is 2.01. The first-order valence-electron chi connectivity index (χ1n) is 6.99. The summed E-state index contributed by atoms with van der Waals surface area (Å²) < 4.78 is 5.68. The van der Waals surface area contributed by atoms with E-state index in [1.165, 1.54) is 0 Å². The molecule has 1 heterocycles. The zero-order valence-electron chi connectivity index (χ0n) is 11.3. The lowest BCUT2D eigenvalue weighted by Crippen LogP contribution is -1.83. The van der Waals surface area contributed by atoms with Crippen LogP contribution in [0.2, 0.25) is 5.02 Å². The molecule has 0 unspecified atom stereocenters. The maximum absolute atomic E-state index is 9.29. The first kappa shape index (κ1) is 12.5. The summed E-state index contributed by atoms with van der Waals surface area (Å²) in [5.74, 6) is 0.864. The molecule has 1 aliphatic rings. The molecule has 0 bridgehead atoms. The van der Waals surface area contributed by atoms with Gasteiger partial charge in [-0.2, -0.15) is 5.26 Å². The number of nitrogens with zero attached hydrogens (tertiary/aromatic N) is 1. The van der Waals surface area contributed by atoms with Crippen LogP contribution in [0.25, 0.3) is 22.1 Å². The van der Waals surface area contributed by atoms with E-state index in [9.17, 15) is 5.26 Å². The first-order chi connectivity index (χ1) is 10.3. The highest BCUT2D eigenvalue weighted by Gasteiger charge is 2.31. The lowest BCUT2D eigenvalue weighted by molar-refractivity contribution is 0.594. The number of rotatable bonds is 2. The maximum atomic E-state index is 9.29. The zero-order valence-corrected chi connectivity index (χ0v) is 12.0. The standard InChI is InChI=1S/C18H12ClNO/c19-15-9-13(11-4-2-1-3-5-11)8-14-17(12-6-7-12)16(10-20)21-18(14)15/h1-5,8-9,12H,6-7H2. The fraction of sp³-hybridized carbons (Fsp3) is 0.167. The second kappa shape index (κ2) is 4.65. The number of benzene rings is 2. The van der Waals surface area contributed by atoms with Crippen LogP contribution in [0, 0.1) is 11.3 Å². The predicted molar refractivity (Wildman–Crippen MR) is 83.4 cm³/mol. The van der Waals surface area contributed by atoms with Crippen molar-refractivity contribution in [2.45, 2.75) is 18.8 Å². The SMILES string of the molecule is N#Cc1oc2c(Cl)cc(-c3ccccc3)cc2c1C1CC1. The van der Waals surface area contributed by atoms with E-state index in [2.05, 4.69) is 24.3 Å². The van der Waals surface area contributed by atoms with Gasteiger partial charge < -0.3 is 4.42 Å². The van der Waals surface area contributed by atoms with E-state index in [4.69, 9.17) is 16.0 Å². The van der Waals surface area contributed by atoms with Crippen LogP contribution < -0.4 is 0 Å². The number of nitriles is 1. The summed E-state index contributed by atoms with van der Waals surface area (Å²) in [5.41, 5.74) is 3.84. The highest BCUT2D eigenvalue weighted by Crippen LogP contribution is 2.47. The van der Waals surface area contributed by atoms with Crippen molar-refractivity contribution < 1.29 is 4.42 Å². The molecule has 1 fully saturated rings. The molecule has 3 aromatic rings. The summed E-state index contributed by atoms with van der Waals surface area (Å²) in [6.07, 6.45) is 2.24. The molecule has 1 aliphatic carbocycles. The first-order valence-corrected chi connectivity index (χ1v) is 7.37. The topological polar surface area (TPSA) is 36.9 Å². The van der Waals surface area contributed by atoms with Gasteiger partial charge in [0, 0.05) is 10.9 Å².